The Morgan fingerprint density at radius 2 is 1.76 bits per heavy atom. The van der Waals surface area contributed by atoms with Crippen molar-refractivity contribution in [3.63, 3.8) is 0 Å². The maximum atomic E-state index is 12.5. The molecule has 1 rings (SSSR count). The van der Waals surface area contributed by atoms with Crippen LogP contribution >= 0.6 is 0 Å². The summed E-state index contributed by atoms with van der Waals surface area (Å²) in [4.78, 5) is 1.58. The van der Waals surface area contributed by atoms with Gasteiger partial charge in [-0.3, -0.25) is 4.90 Å². The van der Waals surface area contributed by atoms with Crippen molar-refractivity contribution in [3.05, 3.63) is 0 Å². The highest BCUT2D eigenvalue weighted by molar-refractivity contribution is 4.90. The van der Waals surface area contributed by atoms with Gasteiger partial charge in [0, 0.05) is 24.2 Å². The van der Waals surface area contributed by atoms with Gasteiger partial charge in [-0.2, -0.15) is 13.2 Å². The summed E-state index contributed by atoms with van der Waals surface area (Å²) in [5, 5.41) is 3.26. The summed E-state index contributed by atoms with van der Waals surface area (Å²) >= 11 is 0. The normalized spacial score (nSPS) is 19.8. The molecule has 0 radical (unpaired) electrons. The van der Waals surface area contributed by atoms with E-state index >= 15 is 0 Å². The third-order valence-corrected chi connectivity index (χ3v) is 2.87. The van der Waals surface area contributed by atoms with Gasteiger partial charge in [-0.05, 0) is 40.5 Å². The smallest absolute Gasteiger partial charge is 0.311 e. The Labute approximate surface area is 102 Å². The van der Waals surface area contributed by atoms with Crippen molar-refractivity contribution in [3.8, 4) is 0 Å². The predicted octanol–water partition coefficient (Wildman–Crippen LogP) is 2.79. The number of hydrogen-bond acceptors (Lipinski definition) is 2. The molecule has 1 atom stereocenters. The second-order valence-corrected chi connectivity index (χ2v) is 6.00. The molecule has 5 heteroatoms. The molecule has 0 aliphatic heterocycles. The van der Waals surface area contributed by atoms with Gasteiger partial charge in [0.15, 0.2) is 0 Å². The molecule has 0 bridgehead atoms. The van der Waals surface area contributed by atoms with E-state index in [0.717, 1.165) is 12.8 Å². The molecular weight excluding hydrogens is 229 g/mol. The number of rotatable bonds is 5. The van der Waals surface area contributed by atoms with Crippen LogP contribution in [0.2, 0.25) is 0 Å². The van der Waals surface area contributed by atoms with Gasteiger partial charge in [-0.25, -0.2) is 0 Å². The van der Waals surface area contributed by atoms with E-state index in [4.69, 9.17) is 0 Å². The molecule has 0 aromatic heterocycles. The van der Waals surface area contributed by atoms with Crippen LogP contribution in [0.15, 0.2) is 0 Å². The zero-order valence-electron chi connectivity index (χ0n) is 11.1. The van der Waals surface area contributed by atoms with Crippen molar-refractivity contribution < 1.29 is 13.2 Å². The Morgan fingerprint density at radius 3 is 2.12 bits per heavy atom. The molecule has 0 saturated heterocycles. The van der Waals surface area contributed by atoms with E-state index < -0.39 is 12.7 Å². The van der Waals surface area contributed by atoms with Gasteiger partial charge in [0.1, 0.15) is 0 Å². The number of alkyl halides is 3. The molecular formula is C12H23F3N2. The van der Waals surface area contributed by atoms with Crippen LogP contribution in [-0.4, -0.2) is 41.8 Å². The quantitative estimate of drug-likeness (QED) is 0.809. The minimum absolute atomic E-state index is 0.0539. The van der Waals surface area contributed by atoms with Gasteiger partial charge in [-0.15, -0.1) is 0 Å². The molecule has 0 spiro atoms. The van der Waals surface area contributed by atoms with Crippen LogP contribution in [0.3, 0.4) is 0 Å². The summed E-state index contributed by atoms with van der Waals surface area (Å²) in [5.74, 6) is 0. The lowest BCUT2D eigenvalue weighted by molar-refractivity contribution is -0.151. The maximum absolute atomic E-state index is 12.5. The predicted molar refractivity (Wildman–Crippen MR) is 63.0 cm³/mol. The molecule has 102 valence electrons. The standard InChI is InChI=1S/C12H23F3N2/c1-9(7-16-11(2,3)4)17(10-5-6-10)8-12(13,14)15/h9-10,16H,5-8H2,1-4H3. The summed E-state index contributed by atoms with van der Waals surface area (Å²) < 4.78 is 37.4. The molecule has 0 aromatic rings. The summed E-state index contributed by atoms with van der Waals surface area (Å²) in [6, 6.07) is 0.0525. The lowest BCUT2D eigenvalue weighted by Crippen LogP contribution is -2.49. The number of nitrogens with zero attached hydrogens (tertiary/aromatic N) is 1. The molecule has 1 fully saturated rings. The Kier molecular flexibility index (Phi) is 4.47. The first-order valence-corrected chi connectivity index (χ1v) is 6.16. The Hall–Kier alpha value is -0.290. The summed E-state index contributed by atoms with van der Waals surface area (Å²) in [6.07, 6.45) is -2.30. The first-order valence-electron chi connectivity index (χ1n) is 6.16. The first-order chi connectivity index (χ1) is 7.58. The highest BCUT2D eigenvalue weighted by Gasteiger charge is 2.40. The molecule has 1 aliphatic rings. The van der Waals surface area contributed by atoms with Gasteiger partial charge in [0.2, 0.25) is 0 Å². The van der Waals surface area contributed by atoms with E-state index in [1.807, 2.05) is 27.7 Å². The summed E-state index contributed by atoms with van der Waals surface area (Å²) in [6.45, 7) is 7.73. The van der Waals surface area contributed by atoms with E-state index in [9.17, 15) is 13.2 Å². The SMILES string of the molecule is CC(CNC(C)(C)C)N(CC(F)(F)F)C1CC1. The van der Waals surface area contributed by atoms with Gasteiger partial charge in [0.25, 0.3) is 0 Å². The van der Waals surface area contributed by atoms with E-state index in [1.54, 1.807) is 4.90 Å². The average molecular weight is 252 g/mol. The van der Waals surface area contributed by atoms with Crippen LogP contribution < -0.4 is 5.32 Å². The van der Waals surface area contributed by atoms with Crippen LogP contribution in [-0.2, 0) is 0 Å². The number of nitrogens with one attached hydrogen (secondary N) is 1. The zero-order valence-corrected chi connectivity index (χ0v) is 11.1. The van der Waals surface area contributed by atoms with Crippen LogP contribution in [0.25, 0.3) is 0 Å². The molecule has 0 amide bonds. The van der Waals surface area contributed by atoms with E-state index in [0.29, 0.717) is 6.54 Å². The van der Waals surface area contributed by atoms with Crippen molar-refractivity contribution in [2.75, 3.05) is 13.1 Å². The molecule has 1 saturated carbocycles. The summed E-state index contributed by atoms with van der Waals surface area (Å²) in [7, 11) is 0. The molecule has 1 aliphatic carbocycles. The fourth-order valence-corrected chi connectivity index (χ4v) is 1.83. The number of halogens is 3. The minimum Gasteiger partial charge on any atom is -0.311 e. The van der Waals surface area contributed by atoms with Crippen LogP contribution in [0, 0.1) is 0 Å². The second kappa shape index (κ2) is 5.14. The van der Waals surface area contributed by atoms with E-state index in [-0.39, 0.29) is 17.6 Å². The Balaban J connectivity index is 2.47. The van der Waals surface area contributed by atoms with E-state index in [2.05, 4.69) is 5.32 Å². The van der Waals surface area contributed by atoms with Gasteiger partial charge < -0.3 is 5.32 Å². The van der Waals surface area contributed by atoms with Crippen molar-refractivity contribution in [2.45, 2.75) is 64.3 Å². The number of hydrogen-bond donors (Lipinski definition) is 1. The summed E-state index contributed by atoms with van der Waals surface area (Å²) in [5.41, 5.74) is -0.0539. The van der Waals surface area contributed by atoms with Crippen LogP contribution in [0.5, 0.6) is 0 Å². The highest BCUT2D eigenvalue weighted by Crippen LogP contribution is 2.31. The first kappa shape index (κ1) is 14.8. The molecule has 1 unspecified atom stereocenters. The van der Waals surface area contributed by atoms with Crippen molar-refractivity contribution in [2.24, 2.45) is 0 Å². The zero-order chi connectivity index (χ0) is 13.3. The molecule has 2 nitrogen and oxygen atoms in total. The third kappa shape index (κ3) is 6.27. The largest absolute Gasteiger partial charge is 0.401 e. The minimum atomic E-state index is -4.10. The van der Waals surface area contributed by atoms with Crippen molar-refractivity contribution in [1.82, 2.24) is 10.2 Å². The van der Waals surface area contributed by atoms with E-state index in [1.165, 1.54) is 0 Å². The van der Waals surface area contributed by atoms with Crippen LogP contribution in [0.1, 0.15) is 40.5 Å². The van der Waals surface area contributed by atoms with Gasteiger partial charge in [0.05, 0.1) is 6.54 Å². The molecule has 0 aromatic carbocycles. The molecule has 1 N–H and O–H groups in total. The highest BCUT2D eigenvalue weighted by atomic mass is 19.4. The van der Waals surface area contributed by atoms with Gasteiger partial charge in [-0.1, -0.05) is 0 Å². The monoisotopic (exact) mass is 252 g/mol. The van der Waals surface area contributed by atoms with Crippen molar-refractivity contribution in [1.29, 1.82) is 0 Å². The maximum Gasteiger partial charge on any atom is 0.401 e. The van der Waals surface area contributed by atoms with Gasteiger partial charge >= 0.3 is 6.18 Å². The molecule has 0 heterocycles. The fourth-order valence-electron chi connectivity index (χ4n) is 1.83. The Bertz CT molecular complexity index is 241. The Morgan fingerprint density at radius 1 is 1.24 bits per heavy atom. The lowest BCUT2D eigenvalue weighted by Gasteiger charge is -2.32. The fraction of sp³-hybridized carbons (Fsp3) is 1.00. The molecule has 17 heavy (non-hydrogen) atoms. The lowest BCUT2D eigenvalue weighted by atomic mass is 10.1. The average Bonchev–Trinajstić information content (AvgIpc) is 2.90. The topological polar surface area (TPSA) is 15.3 Å². The van der Waals surface area contributed by atoms with Crippen LogP contribution in [0.4, 0.5) is 13.2 Å². The van der Waals surface area contributed by atoms with Crippen molar-refractivity contribution >= 4 is 0 Å². The second-order valence-electron chi connectivity index (χ2n) is 6.00. The third-order valence-electron chi connectivity index (χ3n) is 2.87.